The molecule has 20 heavy (non-hydrogen) atoms. The van der Waals surface area contributed by atoms with Crippen LogP contribution in [0.4, 0.5) is 0 Å². The zero-order valence-corrected chi connectivity index (χ0v) is 13.8. The lowest BCUT2D eigenvalue weighted by Gasteiger charge is -2.40. The first kappa shape index (κ1) is 14.3. The van der Waals surface area contributed by atoms with Gasteiger partial charge in [0.2, 0.25) is 0 Å². The van der Waals surface area contributed by atoms with Crippen molar-refractivity contribution in [1.82, 2.24) is 0 Å². The summed E-state index contributed by atoms with van der Waals surface area (Å²) < 4.78 is 1.06. The number of allylic oxidation sites excluding steroid dienone is 1. The van der Waals surface area contributed by atoms with Gasteiger partial charge in [0.05, 0.1) is 20.6 Å². The quantitative estimate of drug-likeness (QED) is 0.528. The van der Waals surface area contributed by atoms with Gasteiger partial charge in [-0.25, -0.2) is 0 Å². The van der Waals surface area contributed by atoms with Gasteiger partial charge in [-0.15, -0.1) is 0 Å². The third-order valence-corrected chi connectivity index (χ3v) is 7.12. The molecule has 0 amide bonds. The van der Waals surface area contributed by atoms with Crippen LogP contribution in [-0.4, -0.2) is 36.9 Å². The predicted octanol–water partition coefficient (Wildman–Crippen LogP) is 3.57. The van der Waals surface area contributed by atoms with Gasteiger partial charge in [-0.3, -0.25) is 4.79 Å². The maximum Gasteiger partial charge on any atom is 0.165 e. The average molecular weight is 276 g/mol. The van der Waals surface area contributed by atoms with Crippen LogP contribution in [0.1, 0.15) is 52.9 Å². The Morgan fingerprint density at radius 2 is 1.85 bits per heavy atom. The molecule has 2 aliphatic carbocycles. The maximum atomic E-state index is 12.9. The molecule has 112 valence electrons. The minimum atomic E-state index is -0.102. The molecule has 3 atom stereocenters. The smallest absolute Gasteiger partial charge is 0.165 e. The first-order valence-electron chi connectivity index (χ1n) is 8.29. The number of hydrogen-bond acceptors (Lipinski definition) is 1. The second-order valence-corrected chi connectivity index (χ2v) is 8.66. The summed E-state index contributed by atoms with van der Waals surface area (Å²) in [5.74, 6) is 0.964. The zero-order valence-electron chi connectivity index (χ0n) is 13.8. The van der Waals surface area contributed by atoms with E-state index in [2.05, 4.69) is 40.9 Å². The van der Waals surface area contributed by atoms with Crippen molar-refractivity contribution in [3.05, 3.63) is 11.6 Å². The summed E-state index contributed by atoms with van der Waals surface area (Å²) in [5, 5.41) is 0. The first-order valence-corrected chi connectivity index (χ1v) is 8.29. The van der Waals surface area contributed by atoms with Gasteiger partial charge in [-0.05, 0) is 43.1 Å². The van der Waals surface area contributed by atoms with Gasteiger partial charge in [0.25, 0.3) is 0 Å². The van der Waals surface area contributed by atoms with E-state index in [1.165, 1.54) is 37.8 Å². The minimum Gasteiger partial charge on any atom is -0.323 e. The summed E-state index contributed by atoms with van der Waals surface area (Å²) in [6, 6.07) is 0.543. The molecule has 0 radical (unpaired) electrons. The highest BCUT2D eigenvalue weighted by atomic mass is 16.1. The van der Waals surface area contributed by atoms with Crippen LogP contribution in [-0.2, 0) is 4.79 Å². The maximum absolute atomic E-state index is 12.9. The van der Waals surface area contributed by atoms with Crippen molar-refractivity contribution in [2.24, 2.45) is 16.7 Å². The molecule has 0 spiro atoms. The lowest BCUT2D eigenvalue weighted by Crippen LogP contribution is -2.51. The van der Waals surface area contributed by atoms with Gasteiger partial charge in [0, 0.05) is 17.4 Å². The number of likely N-dealkylation sites (tertiary alicyclic amines) is 1. The second-order valence-electron chi connectivity index (χ2n) is 8.66. The molecular formula is C18H30NO+. The minimum absolute atomic E-state index is 0.102. The van der Waals surface area contributed by atoms with Crippen molar-refractivity contribution in [3.63, 3.8) is 0 Å². The van der Waals surface area contributed by atoms with Crippen LogP contribution in [0.15, 0.2) is 11.6 Å². The van der Waals surface area contributed by atoms with Gasteiger partial charge in [-0.2, -0.15) is 0 Å². The fourth-order valence-electron chi connectivity index (χ4n) is 5.00. The van der Waals surface area contributed by atoms with Crippen molar-refractivity contribution >= 4 is 5.78 Å². The third kappa shape index (κ3) is 1.70. The van der Waals surface area contributed by atoms with Crippen LogP contribution < -0.4 is 0 Å². The Bertz CT molecular complexity index is 474. The molecule has 3 fully saturated rings. The Hall–Kier alpha value is -0.630. The van der Waals surface area contributed by atoms with Crippen molar-refractivity contribution in [1.29, 1.82) is 0 Å². The fraction of sp³-hybridized carbons (Fsp3) is 0.833. The Kier molecular flexibility index (Phi) is 3.00. The Labute approximate surface area is 123 Å². The summed E-state index contributed by atoms with van der Waals surface area (Å²) in [7, 11) is 4.65. The normalized spacial score (nSPS) is 44.2. The summed E-state index contributed by atoms with van der Waals surface area (Å²) in [5.41, 5.74) is 1.23. The second kappa shape index (κ2) is 4.19. The van der Waals surface area contributed by atoms with E-state index in [0.717, 1.165) is 10.9 Å². The largest absolute Gasteiger partial charge is 0.323 e. The zero-order chi connectivity index (χ0) is 14.8. The lowest BCUT2D eigenvalue weighted by atomic mass is 9.70. The van der Waals surface area contributed by atoms with E-state index < -0.39 is 0 Å². The summed E-state index contributed by atoms with van der Waals surface area (Å²) in [6.45, 7) is 8.07. The molecule has 3 rings (SSSR count). The highest BCUT2D eigenvalue weighted by Gasteiger charge is 2.64. The number of fused-ring (bicyclic) bond motifs is 2. The van der Waals surface area contributed by atoms with Crippen molar-refractivity contribution < 1.29 is 9.28 Å². The number of piperidine rings is 1. The van der Waals surface area contributed by atoms with Gasteiger partial charge in [0.15, 0.2) is 5.78 Å². The number of Topliss-reactive ketones (excluding diaryl/α,β-unsaturated/α-hetero) is 1. The van der Waals surface area contributed by atoms with Crippen LogP contribution >= 0.6 is 0 Å². The highest BCUT2D eigenvalue weighted by molar-refractivity contribution is 6.04. The van der Waals surface area contributed by atoms with Gasteiger partial charge in [-0.1, -0.05) is 20.8 Å². The molecule has 3 aliphatic rings. The fourth-order valence-corrected chi connectivity index (χ4v) is 5.00. The molecule has 1 unspecified atom stereocenters. The summed E-state index contributed by atoms with van der Waals surface area (Å²) >= 11 is 0. The molecule has 2 nitrogen and oxygen atoms in total. The van der Waals surface area contributed by atoms with Crippen molar-refractivity contribution in [3.8, 4) is 0 Å². The molecule has 2 heteroatoms. The predicted molar refractivity (Wildman–Crippen MR) is 82.3 cm³/mol. The Morgan fingerprint density at radius 1 is 1.15 bits per heavy atom. The third-order valence-electron chi connectivity index (χ3n) is 7.12. The van der Waals surface area contributed by atoms with E-state index in [0.29, 0.717) is 17.7 Å². The molecule has 0 N–H and O–H groups in total. The van der Waals surface area contributed by atoms with Gasteiger partial charge in [0.1, 0.15) is 6.04 Å². The van der Waals surface area contributed by atoms with Crippen LogP contribution in [0.3, 0.4) is 0 Å². The molecule has 1 heterocycles. The average Bonchev–Trinajstić information content (AvgIpc) is 2.66. The number of hydrogen-bond donors (Lipinski definition) is 0. The van der Waals surface area contributed by atoms with E-state index in [9.17, 15) is 4.79 Å². The topological polar surface area (TPSA) is 17.1 Å². The van der Waals surface area contributed by atoms with Crippen molar-refractivity contribution in [2.75, 3.05) is 20.6 Å². The van der Waals surface area contributed by atoms with E-state index >= 15 is 0 Å². The monoisotopic (exact) mass is 276 g/mol. The standard InChI is InChI=1S/C18H30NO/c1-17(2)15-9-10-18(17,3)16(20)14(15)12-13-8-6-7-11-19(13,4)5/h12-13,15H,6-11H2,1-5H3/q+1/b14-12+/t13?,15-,18+/m0/s1. The highest BCUT2D eigenvalue weighted by Crippen LogP contribution is 2.65. The first-order chi connectivity index (χ1) is 9.20. The molecule has 0 aromatic carbocycles. The SMILES string of the molecule is CC1(C)[C@H]2CC[C@]1(C)C(=O)/C2=C/C1CCCC[N+]1(C)C. The molecule has 1 aliphatic heterocycles. The number of ketones is 1. The number of nitrogens with zero attached hydrogens (tertiary/aromatic N) is 1. The van der Waals surface area contributed by atoms with Gasteiger partial charge >= 0.3 is 0 Å². The van der Waals surface area contributed by atoms with Gasteiger partial charge < -0.3 is 4.48 Å². The number of likely N-dealkylation sites (N-methyl/N-ethyl adjacent to an activating group) is 1. The van der Waals surface area contributed by atoms with Crippen LogP contribution in [0.25, 0.3) is 0 Å². The number of rotatable bonds is 1. The summed E-state index contributed by atoms with van der Waals surface area (Å²) in [4.78, 5) is 12.9. The van der Waals surface area contributed by atoms with E-state index in [1.807, 2.05) is 0 Å². The van der Waals surface area contributed by atoms with Crippen LogP contribution in [0.5, 0.6) is 0 Å². The number of carbonyl (C=O) groups is 1. The van der Waals surface area contributed by atoms with E-state index in [4.69, 9.17) is 0 Å². The van der Waals surface area contributed by atoms with Crippen LogP contribution in [0, 0.1) is 16.7 Å². The van der Waals surface area contributed by atoms with Crippen molar-refractivity contribution in [2.45, 2.75) is 58.9 Å². The number of quaternary nitrogens is 1. The molecule has 2 bridgehead atoms. The Morgan fingerprint density at radius 3 is 2.40 bits per heavy atom. The molecular weight excluding hydrogens is 246 g/mol. The lowest BCUT2D eigenvalue weighted by molar-refractivity contribution is -0.913. The molecule has 0 aromatic heterocycles. The van der Waals surface area contributed by atoms with Crippen LogP contribution in [0.2, 0.25) is 0 Å². The van der Waals surface area contributed by atoms with E-state index in [1.54, 1.807) is 0 Å². The summed E-state index contributed by atoms with van der Waals surface area (Å²) in [6.07, 6.45) is 8.57. The van der Waals surface area contributed by atoms with E-state index in [-0.39, 0.29) is 10.8 Å². The Balaban J connectivity index is 1.96. The molecule has 0 aromatic rings. The molecule has 1 saturated heterocycles. The molecule has 2 saturated carbocycles. The number of carbonyl (C=O) groups excluding carboxylic acids is 1.